The molecule has 0 aliphatic carbocycles. The third-order valence-corrected chi connectivity index (χ3v) is 6.98. The largest absolute Gasteiger partial charge is 0.377 e. The topological polar surface area (TPSA) is 143 Å². The molecule has 1 amide bonds. The minimum absolute atomic E-state index is 0.132. The Morgan fingerprint density at radius 2 is 1.74 bits per heavy atom. The highest BCUT2D eigenvalue weighted by molar-refractivity contribution is 7.90. The highest BCUT2D eigenvalue weighted by atomic mass is 32.2. The van der Waals surface area contributed by atoms with Gasteiger partial charge in [0.2, 0.25) is 11.9 Å². The molecule has 6 N–H and O–H groups in total. The van der Waals surface area contributed by atoms with Gasteiger partial charge < -0.3 is 21.7 Å². The number of rotatable bonds is 14. The molecule has 0 spiro atoms. The second-order valence-corrected chi connectivity index (χ2v) is 10.2. The van der Waals surface area contributed by atoms with Crippen LogP contribution in [0.4, 0.5) is 5.69 Å². The summed E-state index contributed by atoms with van der Waals surface area (Å²) in [6.45, 7) is 3.16. The van der Waals surface area contributed by atoms with Crippen LogP contribution in [-0.2, 0) is 14.8 Å². The number of unbranched alkanes of at least 4 members (excludes halogenated alkanes) is 3. The van der Waals surface area contributed by atoms with Crippen LogP contribution in [0, 0.1) is 0 Å². The molecule has 0 bridgehead atoms. The van der Waals surface area contributed by atoms with Crippen LogP contribution in [0.2, 0.25) is 0 Å². The first-order valence-corrected chi connectivity index (χ1v) is 13.2. The number of fused-ring (bicyclic) bond motifs is 1. The summed E-state index contributed by atoms with van der Waals surface area (Å²) in [5.41, 5.74) is 12.3. The van der Waals surface area contributed by atoms with Gasteiger partial charge in [-0.05, 0) is 37.9 Å². The van der Waals surface area contributed by atoms with E-state index in [4.69, 9.17) is 11.5 Å². The number of carbonyl (C=O) groups is 1. The lowest BCUT2D eigenvalue weighted by Gasteiger charge is -2.17. The molecule has 0 heterocycles. The number of anilines is 1. The molecule has 0 unspecified atom stereocenters. The Kier molecular flexibility index (Phi) is 10.6. The van der Waals surface area contributed by atoms with Crippen LogP contribution < -0.4 is 26.4 Å². The number of aliphatic imine (C=N–C) groups is 1. The monoisotopic (exact) mass is 490 g/mol. The molecule has 0 saturated heterocycles. The van der Waals surface area contributed by atoms with Crippen LogP contribution in [0.25, 0.3) is 10.8 Å². The number of sulfonamides is 1. The van der Waals surface area contributed by atoms with Gasteiger partial charge in [-0.2, -0.15) is 0 Å². The van der Waals surface area contributed by atoms with Crippen LogP contribution in [0.15, 0.2) is 46.3 Å². The summed E-state index contributed by atoms with van der Waals surface area (Å²) >= 11 is 0. The maximum Gasteiger partial charge on any atom is 0.264 e. The number of amides is 1. The standard InChI is InChI=1S/C24H38N6O3S/c1-4-5-6-7-16-27-20(23(25)31)13-10-17-28-24(26)29-34(32,33)22-15-9-11-18-19(22)12-8-14-21(18)30(2)3/h8-9,11-12,14-15,20,27H,4-7,10,13,16-17H2,1-3H3,(H2,25,31)(H3,26,28,29)/t20-/m0/s1. The summed E-state index contributed by atoms with van der Waals surface area (Å²) in [7, 11) is -0.113. The molecule has 2 aromatic carbocycles. The molecule has 2 aromatic rings. The van der Waals surface area contributed by atoms with Gasteiger partial charge in [0.05, 0.1) is 10.9 Å². The molecule has 2 rings (SSSR count). The van der Waals surface area contributed by atoms with Gasteiger partial charge in [0.1, 0.15) is 0 Å². The summed E-state index contributed by atoms with van der Waals surface area (Å²) in [5.74, 6) is -0.592. The van der Waals surface area contributed by atoms with Crippen molar-refractivity contribution in [1.29, 1.82) is 0 Å². The molecule has 0 aromatic heterocycles. The van der Waals surface area contributed by atoms with Crippen LogP contribution >= 0.6 is 0 Å². The first-order valence-electron chi connectivity index (χ1n) is 11.7. The predicted molar refractivity (Wildman–Crippen MR) is 139 cm³/mol. The number of hydrogen-bond donors (Lipinski definition) is 4. The minimum Gasteiger partial charge on any atom is -0.377 e. The first kappa shape index (κ1) is 27.4. The molecule has 10 heteroatoms. The number of nitrogens with zero attached hydrogens (tertiary/aromatic N) is 2. The molecule has 0 radical (unpaired) electrons. The van der Waals surface area contributed by atoms with Gasteiger partial charge in [0.25, 0.3) is 10.0 Å². The molecule has 9 nitrogen and oxygen atoms in total. The van der Waals surface area contributed by atoms with Gasteiger partial charge in [-0.3, -0.25) is 9.79 Å². The number of carbonyl (C=O) groups excluding carboxylic acids is 1. The number of benzene rings is 2. The summed E-state index contributed by atoms with van der Waals surface area (Å²) in [4.78, 5) is 17.9. The Morgan fingerprint density at radius 3 is 2.41 bits per heavy atom. The molecule has 0 saturated carbocycles. The molecule has 0 fully saturated rings. The Morgan fingerprint density at radius 1 is 1.03 bits per heavy atom. The molecule has 1 atom stereocenters. The van der Waals surface area contributed by atoms with Crippen molar-refractivity contribution in [3.05, 3.63) is 36.4 Å². The fourth-order valence-electron chi connectivity index (χ4n) is 3.78. The lowest BCUT2D eigenvalue weighted by Crippen LogP contribution is -2.41. The van der Waals surface area contributed by atoms with E-state index < -0.39 is 22.0 Å². The lowest BCUT2D eigenvalue weighted by molar-refractivity contribution is -0.120. The van der Waals surface area contributed by atoms with E-state index in [1.807, 2.05) is 37.2 Å². The average molecular weight is 491 g/mol. The van der Waals surface area contributed by atoms with Crippen LogP contribution in [0.5, 0.6) is 0 Å². The average Bonchev–Trinajstić information content (AvgIpc) is 2.78. The Hall–Kier alpha value is -2.85. The Bertz CT molecular complexity index is 1090. The number of nitrogens with one attached hydrogen (secondary N) is 2. The first-order chi connectivity index (χ1) is 16.2. The fourth-order valence-corrected chi connectivity index (χ4v) is 4.96. The van der Waals surface area contributed by atoms with E-state index in [9.17, 15) is 13.2 Å². The van der Waals surface area contributed by atoms with Gasteiger partial charge >= 0.3 is 0 Å². The zero-order valence-corrected chi connectivity index (χ0v) is 21.2. The predicted octanol–water partition coefficient (Wildman–Crippen LogP) is 2.30. The van der Waals surface area contributed by atoms with Crippen molar-refractivity contribution in [2.45, 2.75) is 56.4 Å². The normalized spacial score (nSPS) is 13.1. The van der Waals surface area contributed by atoms with Crippen LogP contribution in [0.3, 0.4) is 0 Å². The van der Waals surface area contributed by atoms with Gasteiger partial charge in [-0.15, -0.1) is 0 Å². The smallest absolute Gasteiger partial charge is 0.264 e. The van der Waals surface area contributed by atoms with Crippen molar-refractivity contribution in [2.75, 3.05) is 32.1 Å². The second-order valence-electron chi connectivity index (χ2n) is 8.51. The van der Waals surface area contributed by atoms with Crippen molar-refractivity contribution in [1.82, 2.24) is 10.0 Å². The van der Waals surface area contributed by atoms with E-state index in [-0.39, 0.29) is 17.4 Å². The third-order valence-electron chi connectivity index (χ3n) is 5.57. The van der Waals surface area contributed by atoms with E-state index in [1.54, 1.807) is 18.2 Å². The van der Waals surface area contributed by atoms with E-state index >= 15 is 0 Å². The van der Waals surface area contributed by atoms with Gasteiger partial charge in [0.15, 0.2) is 0 Å². The fraction of sp³-hybridized carbons (Fsp3) is 0.500. The Balaban J connectivity index is 1.98. The summed E-state index contributed by atoms with van der Waals surface area (Å²) in [5, 5.41) is 4.61. The SMILES string of the molecule is CCCCCCN[C@@H](CCCN=C(N)NS(=O)(=O)c1cccc2c(N(C)C)cccc12)C(N)=O. The maximum atomic E-state index is 13.0. The minimum atomic E-state index is -3.93. The highest BCUT2D eigenvalue weighted by Crippen LogP contribution is 2.30. The number of nitrogens with two attached hydrogens (primary N) is 2. The van der Waals surface area contributed by atoms with Crippen molar-refractivity contribution < 1.29 is 13.2 Å². The summed E-state index contributed by atoms with van der Waals surface area (Å²) < 4.78 is 28.4. The highest BCUT2D eigenvalue weighted by Gasteiger charge is 2.19. The van der Waals surface area contributed by atoms with Crippen LogP contribution in [0.1, 0.15) is 45.4 Å². The second kappa shape index (κ2) is 13.1. The summed E-state index contributed by atoms with van der Waals surface area (Å²) in [6, 6.07) is 10.2. The third kappa shape index (κ3) is 7.88. The molecular formula is C24H38N6O3S. The van der Waals surface area contributed by atoms with Gasteiger partial charge in [0, 0.05) is 37.1 Å². The van der Waals surface area contributed by atoms with Gasteiger partial charge in [-0.25, -0.2) is 13.1 Å². The zero-order chi connectivity index (χ0) is 25.1. The van der Waals surface area contributed by atoms with E-state index in [1.165, 1.54) is 6.42 Å². The van der Waals surface area contributed by atoms with Crippen LogP contribution in [-0.4, -0.2) is 53.5 Å². The van der Waals surface area contributed by atoms with E-state index in [0.29, 0.717) is 18.2 Å². The number of guanidine groups is 1. The van der Waals surface area contributed by atoms with Crippen molar-refractivity contribution in [3.8, 4) is 0 Å². The zero-order valence-electron chi connectivity index (χ0n) is 20.4. The maximum absolute atomic E-state index is 13.0. The molecular weight excluding hydrogens is 452 g/mol. The molecule has 0 aliphatic heterocycles. The number of hydrogen-bond acceptors (Lipinski definition) is 6. The molecule has 188 valence electrons. The van der Waals surface area contributed by atoms with Crippen molar-refractivity contribution in [2.24, 2.45) is 16.5 Å². The molecule has 0 aliphatic rings. The number of primary amides is 1. The lowest BCUT2D eigenvalue weighted by atomic mass is 10.1. The quantitative estimate of drug-likeness (QED) is 0.182. The van der Waals surface area contributed by atoms with Crippen molar-refractivity contribution in [3.63, 3.8) is 0 Å². The van der Waals surface area contributed by atoms with Gasteiger partial charge in [-0.1, -0.05) is 50.5 Å². The van der Waals surface area contributed by atoms with Crippen molar-refractivity contribution >= 4 is 38.3 Å². The summed E-state index contributed by atoms with van der Waals surface area (Å²) in [6.07, 6.45) is 5.47. The van der Waals surface area contributed by atoms with E-state index in [0.717, 1.165) is 36.9 Å². The van der Waals surface area contributed by atoms with E-state index in [2.05, 4.69) is 22.0 Å². The molecule has 34 heavy (non-hydrogen) atoms. The Labute approximate surface area is 203 Å².